The van der Waals surface area contributed by atoms with Gasteiger partial charge >= 0.3 is 0 Å². The van der Waals surface area contributed by atoms with Crippen LogP contribution >= 0.6 is 0 Å². The van der Waals surface area contributed by atoms with Crippen molar-refractivity contribution in [1.82, 2.24) is 0 Å². The van der Waals surface area contributed by atoms with E-state index in [-0.39, 0.29) is 5.91 Å². The molecule has 1 N–H and O–H groups in total. The normalized spacial score (nSPS) is 16.0. The predicted molar refractivity (Wildman–Crippen MR) is 101 cm³/mol. The molecule has 1 heterocycles. The zero-order valence-corrected chi connectivity index (χ0v) is 15.5. The second-order valence-electron chi connectivity index (χ2n) is 6.58. The Kier molecular flexibility index (Phi) is 5.47. The van der Waals surface area contributed by atoms with Gasteiger partial charge in [-0.25, -0.2) is 0 Å². The Balaban J connectivity index is 1.95. The monoisotopic (exact) mass is 355 g/mol. The fraction of sp³-hybridized carbons (Fsp3) is 0.381. The van der Waals surface area contributed by atoms with Crippen LogP contribution in [0.2, 0.25) is 0 Å². The second kappa shape index (κ2) is 7.79. The summed E-state index contributed by atoms with van der Waals surface area (Å²) in [5.41, 5.74) is 2.22. The highest BCUT2D eigenvalue weighted by atomic mass is 16.5. The fourth-order valence-electron chi connectivity index (χ4n) is 3.39. The molecule has 138 valence electrons. The van der Waals surface area contributed by atoms with Crippen LogP contribution in [0.3, 0.4) is 0 Å². The number of carbonyl (C=O) groups excluding carboxylic acids is 1. The molecule has 0 radical (unpaired) electrons. The third kappa shape index (κ3) is 3.53. The van der Waals surface area contributed by atoms with E-state index in [2.05, 4.69) is 5.32 Å². The first-order valence-corrected chi connectivity index (χ1v) is 8.77. The van der Waals surface area contributed by atoms with Crippen molar-refractivity contribution in [2.24, 2.45) is 0 Å². The van der Waals surface area contributed by atoms with E-state index in [4.69, 9.17) is 14.2 Å². The summed E-state index contributed by atoms with van der Waals surface area (Å²) in [6.07, 6.45) is 1.25. The van der Waals surface area contributed by atoms with Gasteiger partial charge in [0.25, 0.3) is 0 Å². The van der Waals surface area contributed by atoms with E-state index < -0.39 is 5.41 Å². The van der Waals surface area contributed by atoms with E-state index in [0.29, 0.717) is 37.6 Å². The number of hydrogen-bond donors (Lipinski definition) is 1. The molecule has 5 nitrogen and oxygen atoms in total. The molecule has 0 saturated carbocycles. The van der Waals surface area contributed by atoms with Gasteiger partial charge in [-0.2, -0.15) is 0 Å². The van der Waals surface area contributed by atoms with Gasteiger partial charge in [-0.1, -0.05) is 23.8 Å². The van der Waals surface area contributed by atoms with E-state index in [9.17, 15) is 4.79 Å². The van der Waals surface area contributed by atoms with Crippen molar-refractivity contribution >= 4 is 11.6 Å². The Morgan fingerprint density at radius 2 is 1.65 bits per heavy atom. The van der Waals surface area contributed by atoms with E-state index in [1.54, 1.807) is 14.2 Å². The first-order valence-electron chi connectivity index (χ1n) is 8.77. The molecule has 1 saturated heterocycles. The molecule has 0 aromatic heterocycles. The third-order valence-corrected chi connectivity index (χ3v) is 5.03. The van der Waals surface area contributed by atoms with Gasteiger partial charge in [0.05, 0.1) is 19.6 Å². The van der Waals surface area contributed by atoms with Crippen LogP contribution in [0, 0.1) is 6.92 Å². The molecule has 0 bridgehead atoms. The number of hydrogen-bond acceptors (Lipinski definition) is 4. The molecule has 2 aromatic rings. The molecule has 3 rings (SSSR count). The Morgan fingerprint density at radius 3 is 2.27 bits per heavy atom. The maximum absolute atomic E-state index is 13.3. The Labute approximate surface area is 154 Å². The van der Waals surface area contributed by atoms with Crippen LogP contribution in [0.5, 0.6) is 11.5 Å². The van der Waals surface area contributed by atoms with E-state index >= 15 is 0 Å². The van der Waals surface area contributed by atoms with Crippen LogP contribution in [-0.4, -0.2) is 33.3 Å². The highest BCUT2D eigenvalue weighted by Crippen LogP contribution is 2.40. The molecule has 1 fully saturated rings. The molecule has 1 amide bonds. The number of anilines is 1. The number of aryl methyl sites for hydroxylation is 1. The molecule has 2 aromatic carbocycles. The lowest BCUT2D eigenvalue weighted by Gasteiger charge is -2.36. The van der Waals surface area contributed by atoms with Gasteiger partial charge in [-0.05, 0) is 49.6 Å². The van der Waals surface area contributed by atoms with Crippen molar-refractivity contribution in [3.8, 4) is 11.5 Å². The van der Waals surface area contributed by atoms with Gasteiger partial charge in [0.1, 0.15) is 0 Å². The minimum absolute atomic E-state index is 0.0168. The Hall–Kier alpha value is -2.53. The van der Waals surface area contributed by atoms with Crippen LogP contribution in [0.25, 0.3) is 0 Å². The molecule has 0 atom stereocenters. The minimum atomic E-state index is -0.650. The predicted octanol–water partition coefficient (Wildman–Crippen LogP) is 3.70. The third-order valence-electron chi connectivity index (χ3n) is 5.03. The second-order valence-corrected chi connectivity index (χ2v) is 6.58. The van der Waals surface area contributed by atoms with Crippen molar-refractivity contribution in [3.63, 3.8) is 0 Å². The SMILES string of the molecule is COc1ccc(C2(C(=O)Nc3ccc(C)cc3)CCOCC2)cc1OC. The van der Waals surface area contributed by atoms with Crippen LogP contribution in [0.1, 0.15) is 24.0 Å². The topological polar surface area (TPSA) is 56.8 Å². The van der Waals surface area contributed by atoms with Crippen molar-refractivity contribution in [1.29, 1.82) is 0 Å². The number of carbonyl (C=O) groups is 1. The van der Waals surface area contributed by atoms with Crippen molar-refractivity contribution < 1.29 is 19.0 Å². The highest BCUT2D eigenvalue weighted by Gasteiger charge is 2.42. The number of methoxy groups -OCH3 is 2. The van der Waals surface area contributed by atoms with Gasteiger partial charge < -0.3 is 19.5 Å². The van der Waals surface area contributed by atoms with Crippen LogP contribution in [-0.2, 0) is 14.9 Å². The summed E-state index contributed by atoms with van der Waals surface area (Å²) in [7, 11) is 3.20. The smallest absolute Gasteiger partial charge is 0.235 e. The standard InChI is InChI=1S/C21H25NO4/c1-15-4-7-17(8-5-15)22-20(23)21(10-12-26-13-11-21)16-6-9-18(24-2)19(14-16)25-3/h4-9,14H,10-13H2,1-3H3,(H,22,23). The van der Waals surface area contributed by atoms with Crippen molar-refractivity contribution in [2.45, 2.75) is 25.2 Å². The summed E-state index contributed by atoms with van der Waals surface area (Å²) >= 11 is 0. The maximum atomic E-state index is 13.3. The zero-order chi connectivity index (χ0) is 18.6. The summed E-state index contributed by atoms with van der Waals surface area (Å²) in [6, 6.07) is 13.5. The number of rotatable bonds is 5. The number of benzene rings is 2. The lowest BCUT2D eigenvalue weighted by molar-refractivity contribution is -0.125. The number of ether oxygens (including phenoxy) is 3. The highest BCUT2D eigenvalue weighted by molar-refractivity contribution is 5.99. The first kappa shape index (κ1) is 18.3. The maximum Gasteiger partial charge on any atom is 0.235 e. The summed E-state index contributed by atoms with van der Waals surface area (Å²) in [4.78, 5) is 13.3. The average Bonchev–Trinajstić information content (AvgIpc) is 2.69. The molecule has 0 spiro atoms. The van der Waals surface area contributed by atoms with E-state index in [0.717, 1.165) is 16.8 Å². The summed E-state index contributed by atoms with van der Waals surface area (Å²) in [5.74, 6) is 1.26. The van der Waals surface area contributed by atoms with Gasteiger partial charge in [0.2, 0.25) is 5.91 Å². The Bertz CT molecular complexity index is 764. The molecule has 5 heteroatoms. The molecule has 1 aliphatic rings. The molecular formula is C21H25NO4. The van der Waals surface area contributed by atoms with Crippen molar-refractivity contribution in [3.05, 3.63) is 53.6 Å². The molecule has 0 unspecified atom stereocenters. The van der Waals surface area contributed by atoms with Crippen molar-refractivity contribution in [2.75, 3.05) is 32.8 Å². The number of nitrogens with one attached hydrogen (secondary N) is 1. The van der Waals surface area contributed by atoms with Gasteiger partial charge in [-0.15, -0.1) is 0 Å². The van der Waals surface area contributed by atoms with Gasteiger partial charge in [0.15, 0.2) is 11.5 Å². The van der Waals surface area contributed by atoms with Gasteiger partial charge in [0, 0.05) is 18.9 Å². The van der Waals surface area contributed by atoms with Crippen LogP contribution < -0.4 is 14.8 Å². The van der Waals surface area contributed by atoms with Crippen LogP contribution in [0.4, 0.5) is 5.69 Å². The first-order chi connectivity index (χ1) is 12.6. The largest absolute Gasteiger partial charge is 0.493 e. The van der Waals surface area contributed by atoms with E-state index in [1.807, 2.05) is 49.4 Å². The quantitative estimate of drug-likeness (QED) is 0.888. The van der Waals surface area contributed by atoms with E-state index in [1.165, 1.54) is 0 Å². The molecule has 26 heavy (non-hydrogen) atoms. The summed E-state index contributed by atoms with van der Waals surface area (Å²) in [6.45, 7) is 3.13. The summed E-state index contributed by atoms with van der Waals surface area (Å²) in [5, 5.41) is 3.08. The zero-order valence-electron chi connectivity index (χ0n) is 15.5. The fourth-order valence-corrected chi connectivity index (χ4v) is 3.39. The van der Waals surface area contributed by atoms with Gasteiger partial charge in [-0.3, -0.25) is 4.79 Å². The number of amides is 1. The lowest BCUT2D eigenvalue weighted by Crippen LogP contribution is -2.44. The molecular weight excluding hydrogens is 330 g/mol. The molecule has 1 aliphatic heterocycles. The molecule has 0 aliphatic carbocycles. The summed E-state index contributed by atoms with van der Waals surface area (Å²) < 4.78 is 16.3. The Morgan fingerprint density at radius 1 is 1.00 bits per heavy atom. The lowest BCUT2D eigenvalue weighted by atomic mass is 9.73. The van der Waals surface area contributed by atoms with Crippen LogP contribution in [0.15, 0.2) is 42.5 Å². The minimum Gasteiger partial charge on any atom is -0.493 e. The average molecular weight is 355 g/mol.